The third-order valence-corrected chi connectivity index (χ3v) is 7.10. The third kappa shape index (κ3) is 4.45. The van der Waals surface area contributed by atoms with Gasteiger partial charge in [0, 0.05) is 68.6 Å². The molecule has 2 aliphatic rings. The molecule has 38 heavy (non-hydrogen) atoms. The SMILES string of the molecule is CO[C@@]1(c2cc(-c3ccc(C4OCCO4)cn3)cc(-c3cn(C)c4cnc(NC(C)=O)cc34)n2)CCOC1. The summed E-state index contributed by atoms with van der Waals surface area (Å²) >= 11 is 0. The van der Waals surface area contributed by atoms with E-state index in [1.54, 1.807) is 19.5 Å². The van der Waals surface area contributed by atoms with E-state index in [9.17, 15) is 4.79 Å². The first-order valence-corrected chi connectivity index (χ1v) is 12.5. The first-order chi connectivity index (χ1) is 18.5. The van der Waals surface area contributed by atoms with Crippen LogP contribution in [0.25, 0.3) is 33.4 Å². The second-order valence-electron chi connectivity index (χ2n) is 9.60. The van der Waals surface area contributed by atoms with Gasteiger partial charge in [0.05, 0.1) is 48.6 Å². The van der Waals surface area contributed by atoms with Gasteiger partial charge < -0.3 is 28.8 Å². The molecular formula is C28H29N5O5. The minimum absolute atomic E-state index is 0.178. The number of anilines is 1. The standard InChI is InChI=1S/C28H29N5O5/c1-17(34)31-26-12-20-21(15-33(2)24(20)14-30-26)23-10-19(11-25(32-23)28(35-3)6-7-36-16-28)22-5-4-18(13-29-22)27-37-8-9-38-27/h4-5,10-15,27H,6-9,16H2,1-3H3,(H,30,31,34)/t28-/m0/s1. The summed E-state index contributed by atoms with van der Waals surface area (Å²) in [6.45, 7) is 3.65. The molecule has 0 unspecified atom stereocenters. The summed E-state index contributed by atoms with van der Waals surface area (Å²) in [6, 6.07) is 9.88. The van der Waals surface area contributed by atoms with E-state index in [0.717, 1.165) is 44.7 Å². The average molecular weight is 516 g/mol. The van der Waals surface area contributed by atoms with Crippen LogP contribution in [0, 0.1) is 0 Å². The number of carbonyl (C=O) groups excluding carboxylic acids is 1. The molecule has 6 heterocycles. The lowest BCUT2D eigenvalue weighted by Gasteiger charge is -2.26. The Morgan fingerprint density at radius 3 is 2.63 bits per heavy atom. The smallest absolute Gasteiger partial charge is 0.222 e. The highest BCUT2D eigenvalue weighted by molar-refractivity contribution is 5.98. The fraction of sp³-hybridized carbons (Fsp3) is 0.357. The zero-order valence-electron chi connectivity index (χ0n) is 21.6. The summed E-state index contributed by atoms with van der Waals surface area (Å²) < 4.78 is 25.0. The Balaban J connectivity index is 1.49. The lowest BCUT2D eigenvalue weighted by molar-refractivity contribution is -0.114. The van der Waals surface area contributed by atoms with Gasteiger partial charge in [-0.25, -0.2) is 9.97 Å². The van der Waals surface area contributed by atoms with Gasteiger partial charge in [-0.3, -0.25) is 9.78 Å². The van der Waals surface area contributed by atoms with Crippen LogP contribution in [0.4, 0.5) is 5.82 Å². The van der Waals surface area contributed by atoms with E-state index in [4.69, 9.17) is 28.9 Å². The monoisotopic (exact) mass is 515 g/mol. The Kier molecular flexibility index (Phi) is 6.40. The van der Waals surface area contributed by atoms with E-state index in [1.807, 2.05) is 48.1 Å². The predicted octanol–water partition coefficient (Wildman–Crippen LogP) is 3.96. The molecule has 4 aromatic rings. The van der Waals surface area contributed by atoms with Crippen molar-refractivity contribution in [1.29, 1.82) is 0 Å². The Morgan fingerprint density at radius 2 is 1.95 bits per heavy atom. The number of methoxy groups -OCH3 is 1. The van der Waals surface area contributed by atoms with Gasteiger partial charge >= 0.3 is 0 Å². The number of fused-ring (bicyclic) bond motifs is 1. The van der Waals surface area contributed by atoms with Crippen molar-refractivity contribution in [2.45, 2.75) is 25.2 Å². The molecule has 0 bridgehead atoms. The van der Waals surface area contributed by atoms with Crippen molar-refractivity contribution in [3.05, 3.63) is 60.2 Å². The lowest BCUT2D eigenvalue weighted by Crippen LogP contribution is -2.30. The molecule has 0 aliphatic carbocycles. The maximum atomic E-state index is 11.7. The van der Waals surface area contributed by atoms with Crippen LogP contribution in [-0.4, -0.2) is 59.0 Å². The predicted molar refractivity (Wildman–Crippen MR) is 140 cm³/mol. The highest BCUT2D eigenvalue weighted by atomic mass is 16.7. The van der Waals surface area contributed by atoms with Gasteiger partial charge in [0.25, 0.3) is 0 Å². The van der Waals surface area contributed by atoms with Crippen LogP contribution in [0.1, 0.15) is 30.9 Å². The summed E-state index contributed by atoms with van der Waals surface area (Å²) in [7, 11) is 3.66. The second kappa shape index (κ2) is 9.88. The van der Waals surface area contributed by atoms with E-state index >= 15 is 0 Å². The van der Waals surface area contributed by atoms with Gasteiger partial charge in [0.15, 0.2) is 6.29 Å². The molecule has 0 spiro atoms. The van der Waals surface area contributed by atoms with Crippen LogP contribution < -0.4 is 5.32 Å². The van der Waals surface area contributed by atoms with Gasteiger partial charge in [0.1, 0.15) is 11.4 Å². The number of nitrogens with zero attached hydrogens (tertiary/aromatic N) is 4. The molecular weight excluding hydrogens is 486 g/mol. The van der Waals surface area contributed by atoms with Crippen LogP contribution in [0.15, 0.2) is 48.9 Å². The number of amides is 1. The Hall–Kier alpha value is -3.70. The summed E-state index contributed by atoms with van der Waals surface area (Å²) in [5.74, 6) is 0.308. The molecule has 0 aromatic carbocycles. The fourth-order valence-corrected chi connectivity index (χ4v) is 5.06. The summed E-state index contributed by atoms with van der Waals surface area (Å²) in [5, 5.41) is 3.70. The van der Waals surface area contributed by atoms with Gasteiger partial charge in [-0.15, -0.1) is 0 Å². The maximum absolute atomic E-state index is 11.7. The quantitative estimate of drug-likeness (QED) is 0.411. The second-order valence-corrected chi connectivity index (χ2v) is 9.60. The normalized spacial score (nSPS) is 19.9. The number of rotatable bonds is 6. The molecule has 196 valence electrons. The van der Waals surface area contributed by atoms with Gasteiger partial charge in [-0.05, 0) is 24.3 Å². The van der Waals surface area contributed by atoms with Crippen molar-refractivity contribution < 1.29 is 23.7 Å². The van der Waals surface area contributed by atoms with Crippen LogP contribution in [-0.2, 0) is 36.4 Å². The first kappa shape index (κ1) is 24.6. The third-order valence-electron chi connectivity index (χ3n) is 7.10. The van der Waals surface area contributed by atoms with Gasteiger partial charge in [-0.1, -0.05) is 6.07 Å². The molecule has 4 aromatic heterocycles. The van der Waals surface area contributed by atoms with Crippen LogP contribution in [0.5, 0.6) is 0 Å². The van der Waals surface area contributed by atoms with Crippen molar-refractivity contribution in [3.63, 3.8) is 0 Å². The Bertz CT molecular complexity index is 1490. The highest BCUT2D eigenvalue weighted by Gasteiger charge is 2.39. The number of ether oxygens (including phenoxy) is 4. The Morgan fingerprint density at radius 1 is 1.11 bits per heavy atom. The number of pyridine rings is 3. The number of hydrogen-bond acceptors (Lipinski definition) is 8. The minimum atomic E-state index is -0.649. The molecule has 2 aliphatic heterocycles. The first-order valence-electron chi connectivity index (χ1n) is 12.5. The number of aromatic nitrogens is 4. The van der Waals surface area contributed by atoms with Crippen molar-refractivity contribution in [1.82, 2.24) is 19.5 Å². The number of nitrogens with one attached hydrogen (secondary N) is 1. The molecule has 2 fully saturated rings. The summed E-state index contributed by atoms with van der Waals surface area (Å²) in [5.41, 5.74) is 5.31. The van der Waals surface area contributed by atoms with Crippen LogP contribution in [0.3, 0.4) is 0 Å². The van der Waals surface area contributed by atoms with Gasteiger partial charge in [0.2, 0.25) is 5.91 Å². The molecule has 1 atom stereocenters. The molecule has 1 N–H and O–H groups in total. The number of aryl methyl sites for hydroxylation is 1. The fourth-order valence-electron chi connectivity index (χ4n) is 5.06. The molecule has 0 saturated carbocycles. The van der Waals surface area contributed by atoms with Crippen molar-refractivity contribution in [2.24, 2.45) is 7.05 Å². The summed E-state index contributed by atoms with van der Waals surface area (Å²) in [6.07, 6.45) is 5.89. The topological polar surface area (TPSA) is 110 Å². The molecule has 10 nitrogen and oxygen atoms in total. The van der Waals surface area contributed by atoms with Gasteiger partial charge in [-0.2, -0.15) is 0 Å². The molecule has 10 heteroatoms. The van der Waals surface area contributed by atoms with Crippen LogP contribution >= 0.6 is 0 Å². The Labute approximate surface area is 219 Å². The van der Waals surface area contributed by atoms with Crippen molar-refractivity contribution in [3.8, 4) is 22.5 Å². The summed E-state index contributed by atoms with van der Waals surface area (Å²) in [4.78, 5) is 25.9. The number of hydrogen-bond donors (Lipinski definition) is 1. The highest BCUT2D eigenvalue weighted by Crippen LogP contribution is 2.38. The average Bonchev–Trinajstić information content (AvgIpc) is 3.70. The van der Waals surface area contributed by atoms with E-state index in [1.165, 1.54) is 6.92 Å². The number of carbonyl (C=O) groups is 1. The largest absolute Gasteiger partial charge is 0.378 e. The van der Waals surface area contributed by atoms with Crippen molar-refractivity contribution >= 4 is 22.6 Å². The maximum Gasteiger partial charge on any atom is 0.222 e. The zero-order chi connectivity index (χ0) is 26.3. The minimum Gasteiger partial charge on any atom is -0.378 e. The van der Waals surface area contributed by atoms with E-state index in [-0.39, 0.29) is 12.2 Å². The van der Waals surface area contributed by atoms with E-state index < -0.39 is 5.60 Å². The molecule has 1 amide bonds. The lowest BCUT2D eigenvalue weighted by atomic mass is 9.94. The molecule has 0 radical (unpaired) electrons. The van der Waals surface area contributed by atoms with E-state index in [0.29, 0.717) is 38.7 Å². The van der Waals surface area contributed by atoms with Crippen molar-refractivity contribution in [2.75, 3.05) is 38.9 Å². The van der Waals surface area contributed by atoms with Crippen LogP contribution in [0.2, 0.25) is 0 Å². The molecule has 6 rings (SSSR count). The molecule has 2 saturated heterocycles. The van der Waals surface area contributed by atoms with E-state index in [2.05, 4.69) is 10.3 Å². The zero-order valence-corrected chi connectivity index (χ0v) is 21.6.